The first-order valence-electron chi connectivity index (χ1n) is 7.03. The first-order valence-corrected chi connectivity index (χ1v) is 8.43. The summed E-state index contributed by atoms with van der Waals surface area (Å²) in [5, 5.41) is 0. The van der Waals surface area contributed by atoms with E-state index >= 15 is 0 Å². The van der Waals surface area contributed by atoms with Crippen molar-refractivity contribution in [3.63, 3.8) is 0 Å². The van der Waals surface area contributed by atoms with Crippen molar-refractivity contribution in [1.29, 1.82) is 0 Å². The van der Waals surface area contributed by atoms with E-state index in [4.69, 9.17) is 5.73 Å². The smallest absolute Gasteiger partial charge is 0.230 e. The van der Waals surface area contributed by atoms with Gasteiger partial charge in [-0.1, -0.05) is 25.7 Å². The van der Waals surface area contributed by atoms with Crippen molar-refractivity contribution in [2.75, 3.05) is 25.6 Å². The fourth-order valence-electron chi connectivity index (χ4n) is 2.84. The highest BCUT2D eigenvalue weighted by Gasteiger charge is 2.39. The molecule has 1 fully saturated rings. The predicted octanol–water partition coefficient (Wildman–Crippen LogP) is 2.50. The Morgan fingerprint density at radius 2 is 1.89 bits per heavy atom. The van der Waals surface area contributed by atoms with Crippen LogP contribution >= 0.6 is 11.8 Å². The molecule has 1 atom stereocenters. The Labute approximate surface area is 116 Å². The third kappa shape index (κ3) is 3.64. The highest BCUT2D eigenvalue weighted by atomic mass is 32.2. The molecule has 0 heterocycles. The topological polar surface area (TPSA) is 46.3 Å². The van der Waals surface area contributed by atoms with Crippen molar-refractivity contribution in [3.8, 4) is 0 Å². The maximum Gasteiger partial charge on any atom is 0.230 e. The molecule has 2 N–H and O–H groups in total. The molecule has 1 aliphatic carbocycles. The van der Waals surface area contributed by atoms with Crippen LogP contribution in [0.5, 0.6) is 0 Å². The number of hydrogen-bond acceptors (Lipinski definition) is 3. The predicted molar refractivity (Wildman–Crippen MR) is 79.8 cm³/mol. The zero-order valence-electron chi connectivity index (χ0n) is 12.1. The van der Waals surface area contributed by atoms with Crippen LogP contribution in [0.1, 0.15) is 45.4 Å². The van der Waals surface area contributed by atoms with E-state index in [-0.39, 0.29) is 11.3 Å². The Morgan fingerprint density at radius 1 is 1.33 bits per heavy atom. The maximum atomic E-state index is 12.8. The number of carbonyl (C=O) groups excluding carboxylic acids is 1. The minimum atomic E-state index is -0.280. The van der Waals surface area contributed by atoms with Gasteiger partial charge in [-0.05, 0) is 26.0 Å². The summed E-state index contributed by atoms with van der Waals surface area (Å²) in [6.45, 7) is 2.62. The lowest BCUT2D eigenvalue weighted by Gasteiger charge is -2.36. The Kier molecular flexibility index (Phi) is 6.50. The fraction of sp³-hybridized carbons (Fsp3) is 0.929. The number of carbonyl (C=O) groups is 1. The number of hydrogen-bond donors (Lipinski definition) is 1. The van der Waals surface area contributed by atoms with Gasteiger partial charge in [0.2, 0.25) is 5.91 Å². The van der Waals surface area contributed by atoms with Gasteiger partial charge in [0.25, 0.3) is 0 Å². The van der Waals surface area contributed by atoms with Gasteiger partial charge >= 0.3 is 0 Å². The summed E-state index contributed by atoms with van der Waals surface area (Å²) in [6.07, 6.45) is 8.82. The average Bonchev–Trinajstić information content (AvgIpc) is 2.63. The van der Waals surface area contributed by atoms with Gasteiger partial charge in [-0.3, -0.25) is 4.79 Å². The van der Waals surface area contributed by atoms with Gasteiger partial charge in [-0.25, -0.2) is 0 Å². The average molecular weight is 272 g/mol. The van der Waals surface area contributed by atoms with Crippen LogP contribution in [-0.2, 0) is 4.79 Å². The second-order valence-corrected chi connectivity index (χ2v) is 6.53. The molecule has 1 unspecified atom stereocenters. The largest absolute Gasteiger partial charge is 0.342 e. The van der Waals surface area contributed by atoms with E-state index in [2.05, 4.69) is 13.2 Å². The second-order valence-electron chi connectivity index (χ2n) is 5.62. The summed E-state index contributed by atoms with van der Waals surface area (Å²) < 4.78 is 0. The molecule has 0 saturated heterocycles. The van der Waals surface area contributed by atoms with Crippen molar-refractivity contribution < 1.29 is 4.79 Å². The molecule has 0 aromatic carbocycles. The molecule has 0 aliphatic heterocycles. The summed E-state index contributed by atoms with van der Waals surface area (Å²) in [5.41, 5.74) is 5.69. The van der Waals surface area contributed by atoms with E-state index in [1.165, 1.54) is 12.8 Å². The molecule has 3 nitrogen and oxygen atoms in total. The summed E-state index contributed by atoms with van der Waals surface area (Å²) in [7, 11) is 1.94. The molecule has 4 heteroatoms. The number of nitrogens with two attached hydrogens (primary N) is 1. The number of thioether (sulfide) groups is 1. The van der Waals surface area contributed by atoms with E-state index < -0.39 is 0 Å². The van der Waals surface area contributed by atoms with Crippen LogP contribution in [0.25, 0.3) is 0 Å². The van der Waals surface area contributed by atoms with Crippen LogP contribution in [-0.4, -0.2) is 42.4 Å². The minimum Gasteiger partial charge on any atom is -0.342 e. The van der Waals surface area contributed by atoms with Gasteiger partial charge in [0.05, 0.1) is 5.41 Å². The normalized spacial score (nSPS) is 21.1. The van der Waals surface area contributed by atoms with Crippen LogP contribution < -0.4 is 5.73 Å². The Hall–Kier alpha value is -0.220. The first-order chi connectivity index (χ1) is 8.57. The van der Waals surface area contributed by atoms with Gasteiger partial charge in [0.1, 0.15) is 0 Å². The van der Waals surface area contributed by atoms with Crippen molar-refractivity contribution in [3.05, 3.63) is 0 Å². The molecule has 0 aromatic rings. The van der Waals surface area contributed by atoms with E-state index in [0.29, 0.717) is 12.6 Å². The molecule has 1 rings (SSSR count). The zero-order valence-corrected chi connectivity index (χ0v) is 12.9. The number of nitrogens with zero attached hydrogens (tertiary/aromatic N) is 1. The molecule has 0 aromatic heterocycles. The molecule has 0 radical (unpaired) electrons. The number of rotatable bonds is 5. The SMILES string of the molecule is CSCC(C)N(C)C(=O)C1(CN)CCCCCC1. The van der Waals surface area contributed by atoms with Crippen molar-refractivity contribution in [2.24, 2.45) is 11.1 Å². The molecular weight excluding hydrogens is 244 g/mol. The molecule has 1 aliphatic rings. The van der Waals surface area contributed by atoms with Gasteiger partial charge in [-0.15, -0.1) is 0 Å². The van der Waals surface area contributed by atoms with E-state index in [1.807, 2.05) is 11.9 Å². The molecule has 106 valence electrons. The van der Waals surface area contributed by atoms with Gasteiger partial charge < -0.3 is 10.6 Å². The minimum absolute atomic E-state index is 0.272. The van der Waals surface area contributed by atoms with Crippen molar-refractivity contribution in [1.82, 2.24) is 4.90 Å². The third-order valence-electron chi connectivity index (χ3n) is 4.29. The molecule has 1 amide bonds. The van der Waals surface area contributed by atoms with E-state index in [1.54, 1.807) is 11.8 Å². The summed E-state index contributed by atoms with van der Waals surface area (Å²) in [5.74, 6) is 1.26. The summed E-state index contributed by atoms with van der Waals surface area (Å²) in [6, 6.07) is 0.291. The summed E-state index contributed by atoms with van der Waals surface area (Å²) >= 11 is 1.79. The van der Waals surface area contributed by atoms with Crippen molar-refractivity contribution >= 4 is 17.7 Å². The van der Waals surface area contributed by atoms with Crippen molar-refractivity contribution in [2.45, 2.75) is 51.5 Å². The van der Waals surface area contributed by atoms with E-state index in [0.717, 1.165) is 31.4 Å². The number of amides is 1. The zero-order chi connectivity index (χ0) is 13.6. The Morgan fingerprint density at radius 3 is 2.33 bits per heavy atom. The lowest BCUT2D eigenvalue weighted by molar-refractivity contribution is -0.142. The highest BCUT2D eigenvalue weighted by molar-refractivity contribution is 7.98. The molecule has 1 saturated carbocycles. The monoisotopic (exact) mass is 272 g/mol. The van der Waals surface area contributed by atoms with Gasteiger partial charge in [-0.2, -0.15) is 11.8 Å². The standard InChI is InChI=1S/C14H28N2OS/c1-12(10-18-3)16(2)13(17)14(11-15)8-6-4-5-7-9-14/h12H,4-11,15H2,1-3H3. The third-order valence-corrected chi connectivity index (χ3v) is 5.11. The highest BCUT2D eigenvalue weighted by Crippen LogP contribution is 2.36. The molecule has 0 spiro atoms. The molecule has 18 heavy (non-hydrogen) atoms. The lowest BCUT2D eigenvalue weighted by atomic mass is 9.79. The van der Waals surface area contributed by atoms with Gasteiger partial charge in [0.15, 0.2) is 0 Å². The van der Waals surface area contributed by atoms with Crippen LogP contribution in [0.15, 0.2) is 0 Å². The van der Waals surface area contributed by atoms with Gasteiger partial charge in [0, 0.05) is 25.4 Å². The van der Waals surface area contributed by atoms with Crippen LogP contribution in [0.3, 0.4) is 0 Å². The fourth-order valence-corrected chi connectivity index (χ4v) is 3.54. The quantitative estimate of drug-likeness (QED) is 0.782. The van der Waals surface area contributed by atoms with Crippen LogP contribution in [0, 0.1) is 5.41 Å². The first kappa shape index (κ1) is 15.8. The lowest BCUT2D eigenvalue weighted by Crippen LogP contribution is -2.49. The van der Waals surface area contributed by atoms with Crippen LogP contribution in [0.4, 0.5) is 0 Å². The Bertz CT molecular complexity index is 263. The molecular formula is C14H28N2OS. The maximum absolute atomic E-state index is 12.8. The summed E-state index contributed by atoms with van der Waals surface area (Å²) in [4.78, 5) is 14.7. The second kappa shape index (κ2) is 7.39. The molecule has 0 bridgehead atoms. The Balaban J connectivity index is 2.76. The van der Waals surface area contributed by atoms with E-state index in [9.17, 15) is 4.79 Å². The van der Waals surface area contributed by atoms with Crippen LogP contribution in [0.2, 0.25) is 0 Å².